The van der Waals surface area contributed by atoms with Gasteiger partial charge in [-0.05, 0) is 58.3 Å². The van der Waals surface area contributed by atoms with Gasteiger partial charge in [0, 0.05) is 39.1 Å². The largest absolute Gasteiger partial charge is 0.456 e. The molecule has 0 aliphatic rings. The monoisotopic (exact) mass is 642 g/mol. The molecule has 0 atom stereocenters. The second-order valence-corrected chi connectivity index (χ2v) is 12.3. The van der Waals surface area contributed by atoms with E-state index >= 15 is 0 Å². The Labute approximate surface area is 286 Å². The van der Waals surface area contributed by atoms with Crippen molar-refractivity contribution in [1.82, 2.24) is 19.9 Å². The van der Waals surface area contributed by atoms with Crippen LogP contribution in [0.3, 0.4) is 0 Å². The summed E-state index contributed by atoms with van der Waals surface area (Å²) < 4.78 is 12.6. The predicted molar refractivity (Wildman–Crippen MR) is 199 cm³/mol. The van der Waals surface area contributed by atoms with Gasteiger partial charge in [0.2, 0.25) is 5.89 Å². The topological polar surface area (TPSA) is 77.8 Å². The van der Waals surface area contributed by atoms with E-state index < -0.39 is 0 Å². The molecule has 0 saturated carbocycles. The summed E-state index contributed by atoms with van der Waals surface area (Å²) in [5.74, 6) is 2.51. The first-order valence-electron chi connectivity index (χ1n) is 16.5. The van der Waals surface area contributed by atoms with Crippen molar-refractivity contribution in [3.63, 3.8) is 0 Å². The molecule has 6 heteroatoms. The zero-order valence-corrected chi connectivity index (χ0v) is 26.6. The van der Waals surface area contributed by atoms with Gasteiger partial charge >= 0.3 is 0 Å². The fraction of sp³-hybridized carbons (Fsp3) is 0. The number of hydrogen-bond acceptors (Lipinski definition) is 6. The van der Waals surface area contributed by atoms with Gasteiger partial charge in [0.25, 0.3) is 0 Å². The van der Waals surface area contributed by atoms with Crippen molar-refractivity contribution in [2.45, 2.75) is 0 Å². The van der Waals surface area contributed by atoms with E-state index in [2.05, 4.69) is 48.5 Å². The first-order valence-corrected chi connectivity index (χ1v) is 16.5. The van der Waals surface area contributed by atoms with Gasteiger partial charge in [-0.1, -0.05) is 115 Å². The van der Waals surface area contributed by atoms with E-state index in [0.717, 1.165) is 77.2 Å². The second-order valence-electron chi connectivity index (χ2n) is 12.3. The summed E-state index contributed by atoms with van der Waals surface area (Å²) in [4.78, 5) is 19.4. The van der Waals surface area contributed by atoms with E-state index in [-0.39, 0.29) is 0 Å². The molecular formula is C44H26N4O2. The SMILES string of the molecule is c1ccc(-c2nc(-c3ccccc3)nc(-c3ccc4cc(-c5cccc6oc7cc8nc(-c9ccccc9)oc8cc7c56)ccc4c3)n2)cc1. The average Bonchev–Trinajstić information content (AvgIpc) is 3.78. The van der Waals surface area contributed by atoms with Crippen LogP contribution in [0.15, 0.2) is 167 Å². The standard InChI is InChI=1S/C44H26N4O2/c1-4-11-27(12-5-1)41-46-42(28-13-6-2-7-14-28)48-43(47-41)33-22-20-30-23-32(21-19-31(30)24-33)34-17-10-18-37-40(34)35-25-39-36(26-38(35)49-37)45-44(50-39)29-15-8-3-9-16-29/h1-26H. The molecule has 0 aliphatic carbocycles. The average molecular weight is 643 g/mol. The molecule has 0 aliphatic heterocycles. The lowest BCUT2D eigenvalue weighted by Gasteiger charge is -2.10. The van der Waals surface area contributed by atoms with Crippen molar-refractivity contribution in [3.8, 4) is 56.7 Å². The maximum absolute atomic E-state index is 6.37. The molecule has 50 heavy (non-hydrogen) atoms. The van der Waals surface area contributed by atoms with E-state index in [1.54, 1.807) is 0 Å². The lowest BCUT2D eigenvalue weighted by Crippen LogP contribution is -2.00. The number of rotatable bonds is 5. The van der Waals surface area contributed by atoms with Crippen LogP contribution in [0.25, 0.3) is 101 Å². The fourth-order valence-electron chi connectivity index (χ4n) is 6.68. The fourth-order valence-corrected chi connectivity index (χ4v) is 6.68. The van der Waals surface area contributed by atoms with Gasteiger partial charge in [-0.15, -0.1) is 0 Å². The third kappa shape index (κ3) is 4.81. The molecule has 10 aromatic rings. The molecule has 0 saturated heterocycles. The van der Waals surface area contributed by atoms with Gasteiger partial charge in [0.1, 0.15) is 16.7 Å². The van der Waals surface area contributed by atoms with Crippen molar-refractivity contribution in [2.24, 2.45) is 0 Å². The van der Waals surface area contributed by atoms with Gasteiger partial charge in [-0.3, -0.25) is 0 Å². The van der Waals surface area contributed by atoms with Crippen LogP contribution in [0.2, 0.25) is 0 Å². The molecule has 234 valence electrons. The van der Waals surface area contributed by atoms with E-state index in [9.17, 15) is 0 Å². The third-order valence-electron chi connectivity index (χ3n) is 9.13. The summed E-state index contributed by atoms with van der Waals surface area (Å²) in [5.41, 5.74) is 9.03. The van der Waals surface area contributed by atoms with Crippen LogP contribution in [0.4, 0.5) is 0 Å². The van der Waals surface area contributed by atoms with Crippen molar-refractivity contribution in [1.29, 1.82) is 0 Å². The van der Waals surface area contributed by atoms with Gasteiger partial charge in [0.15, 0.2) is 23.1 Å². The minimum atomic E-state index is 0.594. The minimum absolute atomic E-state index is 0.594. The zero-order valence-electron chi connectivity index (χ0n) is 26.6. The summed E-state index contributed by atoms with van der Waals surface area (Å²) in [6, 6.07) is 53.2. The van der Waals surface area contributed by atoms with Crippen molar-refractivity contribution < 1.29 is 8.83 Å². The maximum atomic E-state index is 6.37. The number of nitrogens with zero attached hydrogens (tertiary/aromatic N) is 4. The zero-order chi connectivity index (χ0) is 33.0. The van der Waals surface area contributed by atoms with Crippen molar-refractivity contribution in [2.75, 3.05) is 0 Å². The Morgan fingerprint density at radius 3 is 1.60 bits per heavy atom. The molecule has 3 heterocycles. The van der Waals surface area contributed by atoms with Crippen LogP contribution in [0.5, 0.6) is 0 Å². The number of oxazole rings is 1. The molecule has 10 rings (SSSR count). The Balaban J connectivity index is 1.06. The van der Waals surface area contributed by atoms with Crippen molar-refractivity contribution in [3.05, 3.63) is 158 Å². The first kappa shape index (κ1) is 28.1. The maximum Gasteiger partial charge on any atom is 0.227 e. The predicted octanol–water partition coefficient (Wildman–Crippen LogP) is 11.4. The van der Waals surface area contributed by atoms with E-state index in [1.165, 1.54) is 0 Å². The van der Waals surface area contributed by atoms with Crippen LogP contribution >= 0.6 is 0 Å². The highest BCUT2D eigenvalue weighted by Gasteiger charge is 2.18. The summed E-state index contributed by atoms with van der Waals surface area (Å²) in [6.45, 7) is 0. The second kappa shape index (κ2) is 11.4. The van der Waals surface area contributed by atoms with Crippen LogP contribution in [-0.2, 0) is 0 Å². The van der Waals surface area contributed by atoms with Crippen LogP contribution in [0, 0.1) is 0 Å². The summed E-state index contributed by atoms with van der Waals surface area (Å²) >= 11 is 0. The molecule has 0 radical (unpaired) electrons. The Morgan fingerprint density at radius 1 is 0.360 bits per heavy atom. The smallest absolute Gasteiger partial charge is 0.227 e. The quantitative estimate of drug-likeness (QED) is 0.186. The number of furan rings is 1. The molecule has 0 bridgehead atoms. The van der Waals surface area contributed by atoms with Gasteiger partial charge < -0.3 is 8.83 Å². The number of hydrogen-bond donors (Lipinski definition) is 0. The molecule has 0 amide bonds. The molecule has 0 unspecified atom stereocenters. The Bertz CT molecular complexity index is 2800. The van der Waals surface area contributed by atoms with Gasteiger partial charge in [0.05, 0.1) is 0 Å². The Hall–Kier alpha value is -6.92. The van der Waals surface area contributed by atoms with Crippen LogP contribution in [-0.4, -0.2) is 19.9 Å². The number of aromatic nitrogens is 4. The Morgan fingerprint density at radius 2 is 0.940 bits per heavy atom. The summed E-state index contributed by atoms with van der Waals surface area (Å²) in [6.07, 6.45) is 0. The normalized spacial score (nSPS) is 11.6. The first-order chi connectivity index (χ1) is 24.7. The highest BCUT2D eigenvalue weighted by molar-refractivity contribution is 6.15. The Kier molecular flexibility index (Phi) is 6.39. The molecule has 7 aromatic carbocycles. The summed E-state index contributed by atoms with van der Waals surface area (Å²) in [5, 5.41) is 4.25. The molecule has 0 fully saturated rings. The summed E-state index contributed by atoms with van der Waals surface area (Å²) in [7, 11) is 0. The van der Waals surface area contributed by atoms with Crippen molar-refractivity contribution >= 4 is 43.8 Å². The van der Waals surface area contributed by atoms with E-state index in [1.807, 2.05) is 109 Å². The molecule has 0 spiro atoms. The van der Waals surface area contributed by atoms with Crippen LogP contribution < -0.4 is 0 Å². The third-order valence-corrected chi connectivity index (χ3v) is 9.13. The number of fused-ring (bicyclic) bond motifs is 5. The molecule has 6 nitrogen and oxygen atoms in total. The van der Waals surface area contributed by atoms with E-state index in [4.69, 9.17) is 28.8 Å². The van der Waals surface area contributed by atoms with E-state index in [0.29, 0.717) is 23.4 Å². The lowest BCUT2D eigenvalue weighted by atomic mass is 9.96. The van der Waals surface area contributed by atoms with Crippen LogP contribution in [0.1, 0.15) is 0 Å². The molecular weight excluding hydrogens is 617 g/mol. The highest BCUT2D eigenvalue weighted by atomic mass is 16.4. The lowest BCUT2D eigenvalue weighted by molar-refractivity contribution is 0.620. The van der Waals surface area contributed by atoms with Gasteiger partial charge in [-0.25, -0.2) is 19.9 Å². The van der Waals surface area contributed by atoms with Gasteiger partial charge in [-0.2, -0.15) is 0 Å². The molecule has 3 aromatic heterocycles. The minimum Gasteiger partial charge on any atom is -0.456 e. The highest BCUT2D eigenvalue weighted by Crippen LogP contribution is 2.40. The molecule has 0 N–H and O–H groups in total. The number of benzene rings is 7.